The number of amides is 2. The van der Waals surface area contributed by atoms with E-state index in [0.29, 0.717) is 32.4 Å². The van der Waals surface area contributed by atoms with Crippen LogP contribution in [0.5, 0.6) is 0 Å². The van der Waals surface area contributed by atoms with Gasteiger partial charge in [-0.2, -0.15) is 0 Å². The van der Waals surface area contributed by atoms with Crippen molar-refractivity contribution in [1.29, 1.82) is 0 Å². The third-order valence-corrected chi connectivity index (χ3v) is 8.25. The summed E-state index contributed by atoms with van der Waals surface area (Å²) < 4.78 is 12.4. The first-order valence-corrected chi connectivity index (χ1v) is 13.7. The van der Waals surface area contributed by atoms with Gasteiger partial charge in [0.25, 0.3) is 0 Å². The van der Waals surface area contributed by atoms with E-state index in [0.717, 1.165) is 38.5 Å². The number of aliphatic hydroxyl groups is 1. The molecule has 8 nitrogen and oxygen atoms in total. The smallest absolute Gasteiger partial charge is 0.312 e. The second-order valence-corrected chi connectivity index (χ2v) is 10.3. The second kappa shape index (κ2) is 12.4. The first-order valence-electron chi connectivity index (χ1n) is 13.7. The van der Waals surface area contributed by atoms with E-state index in [9.17, 15) is 19.5 Å². The van der Waals surface area contributed by atoms with Gasteiger partial charge in [-0.25, -0.2) is 0 Å². The maximum atomic E-state index is 14.0. The topological polar surface area (TPSA) is 96.4 Å². The molecule has 0 aromatic carbocycles. The SMILES string of the molecule is C=CCCCCOC(=O)[C@H]1[C@H]2C(=O)N(CCO)C(C(=O)N(CC=C)CCCCC)C23CC[C@]1(CC)O3. The average Bonchev–Trinajstić information content (AvgIpc) is 3.47. The van der Waals surface area contributed by atoms with Crippen molar-refractivity contribution in [3.8, 4) is 0 Å². The van der Waals surface area contributed by atoms with Crippen LogP contribution >= 0.6 is 0 Å². The number of unbranched alkanes of at least 4 members (excludes halogenated alkanes) is 4. The van der Waals surface area contributed by atoms with E-state index in [-0.39, 0.29) is 31.6 Å². The van der Waals surface area contributed by atoms with Crippen LogP contribution in [0.3, 0.4) is 0 Å². The highest BCUT2D eigenvalue weighted by molar-refractivity contribution is 5.98. The lowest BCUT2D eigenvalue weighted by molar-refractivity contribution is -0.162. The summed E-state index contributed by atoms with van der Waals surface area (Å²) in [5.74, 6) is -2.44. The first-order chi connectivity index (χ1) is 17.4. The number of esters is 1. The first kappa shape index (κ1) is 28.4. The van der Waals surface area contributed by atoms with Gasteiger partial charge < -0.3 is 24.4 Å². The van der Waals surface area contributed by atoms with E-state index >= 15 is 0 Å². The van der Waals surface area contributed by atoms with E-state index in [2.05, 4.69) is 20.1 Å². The maximum Gasteiger partial charge on any atom is 0.312 e. The Labute approximate surface area is 215 Å². The molecule has 3 saturated heterocycles. The van der Waals surface area contributed by atoms with Gasteiger partial charge in [-0.3, -0.25) is 14.4 Å². The molecule has 5 atom stereocenters. The quantitative estimate of drug-likeness (QED) is 0.197. The van der Waals surface area contributed by atoms with Gasteiger partial charge >= 0.3 is 5.97 Å². The summed E-state index contributed by atoms with van der Waals surface area (Å²) in [5, 5.41) is 9.77. The molecular formula is C28H44N2O6. The number of carbonyl (C=O) groups is 3. The number of β-amino-alcohol motifs (C(OH)–C–C–N with tert-alkyl or cyclic N) is 1. The van der Waals surface area contributed by atoms with Crippen molar-refractivity contribution < 1.29 is 29.0 Å². The molecular weight excluding hydrogens is 460 g/mol. The largest absolute Gasteiger partial charge is 0.465 e. The summed E-state index contributed by atoms with van der Waals surface area (Å²) in [6.07, 6.45) is 10.5. The van der Waals surface area contributed by atoms with Gasteiger partial charge in [-0.1, -0.05) is 38.8 Å². The molecule has 0 aromatic heterocycles. The van der Waals surface area contributed by atoms with Gasteiger partial charge in [0.2, 0.25) is 11.8 Å². The summed E-state index contributed by atoms with van der Waals surface area (Å²) in [4.78, 5) is 44.5. The van der Waals surface area contributed by atoms with Gasteiger partial charge in [-0.15, -0.1) is 13.2 Å². The zero-order chi connectivity index (χ0) is 26.3. The van der Waals surface area contributed by atoms with Gasteiger partial charge in [0.05, 0.1) is 24.7 Å². The number of likely N-dealkylation sites (tertiary alicyclic amines) is 1. The molecule has 36 heavy (non-hydrogen) atoms. The lowest BCUT2D eigenvalue weighted by Crippen LogP contribution is -2.56. The Morgan fingerprint density at radius 3 is 2.61 bits per heavy atom. The Balaban J connectivity index is 1.92. The highest BCUT2D eigenvalue weighted by Gasteiger charge is 2.79. The predicted octanol–water partition coefficient (Wildman–Crippen LogP) is 3.24. The van der Waals surface area contributed by atoms with Crippen LogP contribution in [0.15, 0.2) is 25.3 Å². The van der Waals surface area contributed by atoms with Crippen LogP contribution in [0.2, 0.25) is 0 Å². The summed E-state index contributed by atoms with van der Waals surface area (Å²) in [6.45, 7) is 12.6. The third kappa shape index (κ3) is 4.99. The van der Waals surface area contributed by atoms with Crippen molar-refractivity contribution in [1.82, 2.24) is 9.80 Å². The molecule has 0 aromatic rings. The van der Waals surface area contributed by atoms with Crippen molar-refractivity contribution in [2.24, 2.45) is 11.8 Å². The molecule has 0 saturated carbocycles. The van der Waals surface area contributed by atoms with Crippen LogP contribution in [0.25, 0.3) is 0 Å². The highest BCUT2D eigenvalue weighted by Crippen LogP contribution is 2.64. The molecule has 8 heteroatoms. The molecule has 3 heterocycles. The van der Waals surface area contributed by atoms with E-state index in [1.165, 1.54) is 4.90 Å². The zero-order valence-corrected chi connectivity index (χ0v) is 22.1. The van der Waals surface area contributed by atoms with E-state index in [1.54, 1.807) is 11.0 Å². The summed E-state index contributed by atoms with van der Waals surface area (Å²) in [5.41, 5.74) is -1.90. The molecule has 0 aliphatic carbocycles. The zero-order valence-electron chi connectivity index (χ0n) is 22.1. The molecule has 2 unspecified atom stereocenters. The molecule has 3 rings (SSSR count). The van der Waals surface area contributed by atoms with E-state index in [4.69, 9.17) is 9.47 Å². The number of allylic oxidation sites excluding steroid dienone is 1. The third-order valence-electron chi connectivity index (χ3n) is 8.25. The molecule has 0 radical (unpaired) electrons. The number of fused-ring (bicyclic) bond motifs is 1. The summed E-state index contributed by atoms with van der Waals surface area (Å²) in [6, 6.07) is -0.873. The lowest BCUT2D eigenvalue weighted by atomic mass is 9.65. The van der Waals surface area contributed by atoms with Crippen LogP contribution in [-0.2, 0) is 23.9 Å². The molecule has 2 bridgehead atoms. The minimum atomic E-state index is -1.09. The van der Waals surface area contributed by atoms with Crippen LogP contribution in [0, 0.1) is 11.8 Å². The molecule has 3 fully saturated rings. The predicted molar refractivity (Wildman–Crippen MR) is 137 cm³/mol. The Hall–Kier alpha value is -2.19. The Kier molecular flexibility index (Phi) is 9.75. The lowest BCUT2D eigenvalue weighted by Gasteiger charge is -2.36. The fourth-order valence-electron chi connectivity index (χ4n) is 6.53. The number of nitrogens with zero attached hydrogens (tertiary/aromatic N) is 2. The van der Waals surface area contributed by atoms with Crippen LogP contribution < -0.4 is 0 Å². The van der Waals surface area contributed by atoms with Crippen molar-refractivity contribution in [2.45, 2.75) is 88.9 Å². The molecule has 1 spiro atoms. The normalized spacial score (nSPS) is 30.4. The Bertz CT molecular complexity index is 831. The van der Waals surface area contributed by atoms with Gasteiger partial charge in [0.1, 0.15) is 17.6 Å². The van der Waals surface area contributed by atoms with E-state index in [1.807, 2.05) is 13.0 Å². The number of rotatable bonds is 16. The van der Waals surface area contributed by atoms with Crippen LogP contribution in [-0.4, -0.2) is 82.8 Å². The fourth-order valence-corrected chi connectivity index (χ4v) is 6.53. The number of carbonyl (C=O) groups excluding carboxylic acids is 3. The maximum absolute atomic E-state index is 14.0. The monoisotopic (exact) mass is 504 g/mol. The Morgan fingerprint density at radius 2 is 1.97 bits per heavy atom. The van der Waals surface area contributed by atoms with Crippen LogP contribution in [0.1, 0.15) is 71.6 Å². The van der Waals surface area contributed by atoms with Crippen molar-refractivity contribution in [2.75, 3.05) is 32.8 Å². The fraction of sp³-hybridized carbons (Fsp3) is 0.750. The summed E-state index contributed by atoms with van der Waals surface area (Å²) >= 11 is 0. The average molecular weight is 505 g/mol. The van der Waals surface area contributed by atoms with E-state index < -0.39 is 35.0 Å². The van der Waals surface area contributed by atoms with Crippen LogP contribution in [0.4, 0.5) is 0 Å². The van der Waals surface area contributed by atoms with Gasteiger partial charge in [0, 0.05) is 19.6 Å². The highest BCUT2D eigenvalue weighted by atomic mass is 16.6. The molecule has 202 valence electrons. The van der Waals surface area contributed by atoms with Gasteiger partial charge in [0.15, 0.2) is 0 Å². The van der Waals surface area contributed by atoms with Crippen molar-refractivity contribution in [3.63, 3.8) is 0 Å². The summed E-state index contributed by atoms with van der Waals surface area (Å²) in [7, 11) is 0. The number of aliphatic hydroxyl groups excluding tert-OH is 1. The second-order valence-electron chi connectivity index (χ2n) is 10.3. The van der Waals surface area contributed by atoms with Gasteiger partial charge in [-0.05, 0) is 44.9 Å². The number of hydrogen-bond acceptors (Lipinski definition) is 6. The Morgan fingerprint density at radius 1 is 1.19 bits per heavy atom. The number of hydrogen-bond donors (Lipinski definition) is 1. The van der Waals surface area contributed by atoms with Crippen molar-refractivity contribution in [3.05, 3.63) is 25.3 Å². The van der Waals surface area contributed by atoms with Crippen molar-refractivity contribution >= 4 is 17.8 Å². The standard InChI is InChI=1S/C28H44N2O6/c1-5-9-11-13-20-35-26(34)22-21-24(32)30(18-19-31)23(28(21)15-14-27(22,8-4)36-28)25(33)29(16-7-3)17-12-10-6-2/h5,7,21-23,31H,1,3,6,8-20H2,2,4H3/t21-,22+,23?,27-,28?/m0/s1. The minimum Gasteiger partial charge on any atom is -0.465 e. The number of ether oxygens (including phenoxy) is 2. The molecule has 3 aliphatic heterocycles. The molecule has 1 N–H and O–H groups in total. The molecule has 2 amide bonds. The minimum absolute atomic E-state index is 0.0240. The molecule has 3 aliphatic rings.